The molecule has 0 fully saturated rings. The van der Waals surface area contributed by atoms with E-state index in [4.69, 9.17) is 0 Å². The fourth-order valence-corrected chi connectivity index (χ4v) is 3.17. The van der Waals surface area contributed by atoms with Crippen molar-refractivity contribution in [3.8, 4) is 0 Å². The van der Waals surface area contributed by atoms with Crippen LogP contribution in [0, 0.1) is 6.92 Å². The molecule has 0 unspecified atom stereocenters. The summed E-state index contributed by atoms with van der Waals surface area (Å²) < 4.78 is 1.99. The van der Waals surface area contributed by atoms with E-state index in [9.17, 15) is 4.79 Å². The van der Waals surface area contributed by atoms with Crippen molar-refractivity contribution in [2.45, 2.75) is 6.92 Å². The highest BCUT2D eigenvalue weighted by Gasteiger charge is 2.13. The summed E-state index contributed by atoms with van der Waals surface area (Å²) in [6, 6.07) is 13.4. The lowest BCUT2D eigenvalue weighted by molar-refractivity contribution is 0.102. The van der Waals surface area contributed by atoms with E-state index in [0.717, 1.165) is 20.3 Å². The molecule has 20 heavy (non-hydrogen) atoms. The Kier molecular flexibility index (Phi) is 3.54. The highest BCUT2D eigenvalue weighted by molar-refractivity contribution is 9.10. The third-order valence-electron chi connectivity index (χ3n) is 3.03. The van der Waals surface area contributed by atoms with Crippen LogP contribution in [0.5, 0.6) is 0 Å². The van der Waals surface area contributed by atoms with Crippen LogP contribution in [-0.4, -0.2) is 10.9 Å². The normalized spacial score (nSPS) is 10.7. The molecule has 3 rings (SSSR count). The van der Waals surface area contributed by atoms with E-state index in [1.807, 2.05) is 49.4 Å². The highest BCUT2D eigenvalue weighted by Crippen LogP contribution is 2.26. The maximum atomic E-state index is 12.3. The van der Waals surface area contributed by atoms with E-state index in [2.05, 4.69) is 26.2 Å². The molecule has 2 aromatic carbocycles. The van der Waals surface area contributed by atoms with Crippen LogP contribution in [-0.2, 0) is 0 Å². The van der Waals surface area contributed by atoms with Gasteiger partial charge in [0.25, 0.3) is 5.91 Å². The van der Waals surface area contributed by atoms with Crippen LogP contribution >= 0.6 is 27.3 Å². The fourth-order valence-electron chi connectivity index (χ4n) is 1.94. The van der Waals surface area contributed by atoms with E-state index in [1.54, 1.807) is 0 Å². The number of carbonyl (C=O) groups is 1. The Morgan fingerprint density at radius 1 is 1.20 bits per heavy atom. The topological polar surface area (TPSA) is 42.0 Å². The second-order valence-corrected chi connectivity index (χ2v) is 6.24. The van der Waals surface area contributed by atoms with Crippen molar-refractivity contribution in [1.29, 1.82) is 0 Å². The van der Waals surface area contributed by atoms with Gasteiger partial charge in [-0.2, -0.15) is 0 Å². The third-order valence-corrected chi connectivity index (χ3v) is 4.84. The van der Waals surface area contributed by atoms with Crippen molar-refractivity contribution in [1.82, 2.24) is 4.98 Å². The number of aromatic nitrogens is 1. The van der Waals surface area contributed by atoms with Crippen LogP contribution in [0.4, 0.5) is 5.13 Å². The van der Waals surface area contributed by atoms with Crippen LogP contribution in [0.2, 0.25) is 0 Å². The highest BCUT2D eigenvalue weighted by atomic mass is 79.9. The second-order valence-electron chi connectivity index (χ2n) is 4.35. The van der Waals surface area contributed by atoms with Crippen molar-refractivity contribution in [3.05, 3.63) is 58.1 Å². The molecule has 0 atom stereocenters. The number of thiazole rings is 1. The minimum Gasteiger partial charge on any atom is -0.298 e. The molecule has 1 amide bonds. The molecule has 3 nitrogen and oxygen atoms in total. The van der Waals surface area contributed by atoms with Gasteiger partial charge < -0.3 is 0 Å². The summed E-state index contributed by atoms with van der Waals surface area (Å²) in [5.74, 6) is -0.136. The monoisotopic (exact) mass is 346 g/mol. The zero-order valence-electron chi connectivity index (χ0n) is 10.7. The maximum Gasteiger partial charge on any atom is 0.257 e. The molecule has 0 radical (unpaired) electrons. The minimum atomic E-state index is -0.136. The third kappa shape index (κ3) is 2.46. The number of nitrogens with one attached hydrogen (secondary N) is 1. The van der Waals surface area contributed by atoms with Gasteiger partial charge in [0.05, 0.1) is 10.2 Å². The Labute approximate surface area is 128 Å². The Morgan fingerprint density at radius 2 is 2.00 bits per heavy atom. The molecular weight excluding hydrogens is 336 g/mol. The van der Waals surface area contributed by atoms with Crippen LogP contribution in [0.25, 0.3) is 10.2 Å². The van der Waals surface area contributed by atoms with Crippen molar-refractivity contribution in [2.75, 3.05) is 5.32 Å². The second kappa shape index (κ2) is 5.34. The minimum absolute atomic E-state index is 0.136. The average molecular weight is 347 g/mol. The van der Waals surface area contributed by atoms with Gasteiger partial charge in [-0.25, -0.2) is 4.98 Å². The van der Waals surface area contributed by atoms with Gasteiger partial charge in [-0.1, -0.05) is 45.5 Å². The SMILES string of the molecule is Cc1c(Br)cccc1C(=O)Nc1nc2ccccc2s1. The van der Waals surface area contributed by atoms with Gasteiger partial charge >= 0.3 is 0 Å². The first-order chi connectivity index (χ1) is 9.65. The summed E-state index contributed by atoms with van der Waals surface area (Å²) in [4.78, 5) is 16.7. The molecule has 0 aliphatic heterocycles. The predicted molar refractivity (Wildman–Crippen MR) is 86.5 cm³/mol. The summed E-state index contributed by atoms with van der Waals surface area (Å²) in [5, 5.41) is 3.48. The van der Waals surface area contributed by atoms with E-state index >= 15 is 0 Å². The quantitative estimate of drug-likeness (QED) is 0.735. The zero-order chi connectivity index (χ0) is 14.1. The molecule has 100 valence electrons. The van der Waals surface area contributed by atoms with Crippen molar-refractivity contribution in [3.63, 3.8) is 0 Å². The Hall–Kier alpha value is -1.72. The summed E-state index contributed by atoms with van der Waals surface area (Å²) in [7, 11) is 0. The number of para-hydroxylation sites is 1. The van der Waals surface area contributed by atoms with Crippen LogP contribution in [0.3, 0.4) is 0 Å². The Balaban J connectivity index is 1.90. The van der Waals surface area contributed by atoms with Gasteiger partial charge in [0, 0.05) is 10.0 Å². The smallest absolute Gasteiger partial charge is 0.257 e. The molecular formula is C15H11BrN2OS. The lowest BCUT2D eigenvalue weighted by Gasteiger charge is -2.06. The first-order valence-corrected chi connectivity index (χ1v) is 7.68. The number of amides is 1. The number of halogens is 1. The van der Waals surface area contributed by atoms with Crippen LogP contribution < -0.4 is 5.32 Å². The van der Waals surface area contributed by atoms with Gasteiger partial charge in [0.1, 0.15) is 0 Å². The first-order valence-electron chi connectivity index (χ1n) is 6.07. The first kappa shape index (κ1) is 13.3. The molecule has 3 aromatic rings. The van der Waals surface area contributed by atoms with Gasteiger partial charge in [-0.15, -0.1) is 0 Å². The van der Waals surface area contributed by atoms with E-state index in [-0.39, 0.29) is 5.91 Å². The lowest BCUT2D eigenvalue weighted by atomic mass is 10.1. The van der Waals surface area contributed by atoms with Gasteiger partial charge in [0.15, 0.2) is 5.13 Å². The molecule has 0 spiro atoms. The fraction of sp³-hybridized carbons (Fsp3) is 0.0667. The summed E-state index contributed by atoms with van der Waals surface area (Å²) in [5.41, 5.74) is 2.48. The Morgan fingerprint density at radius 3 is 2.80 bits per heavy atom. The van der Waals surface area contributed by atoms with Gasteiger partial charge in [0.2, 0.25) is 0 Å². The average Bonchev–Trinajstić information content (AvgIpc) is 2.83. The Bertz CT molecular complexity index is 764. The summed E-state index contributed by atoms with van der Waals surface area (Å²) in [6.45, 7) is 1.91. The largest absolute Gasteiger partial charge is 0.298 e. The molecule has 0 aliphatic rings. The number of hydrogen-bond acceptors (Lipinski definition) is 3. The number of anilines is 1. The maximum absolute atomic E-state index is 12.3. The molecule has 1 aromatic heterocycles. The summed E-state index contributed by atoms with van der Waals surface area (Å²) >= 11 is 4.91. The molecule has 0 aliphatic carbocycles. The van der Waals surface area contributed by atoms with Crippen molar-refractivity contribution < 1.29 is 4.79 Å². The van der Waals surface area contributed by atoms with E-state index in [0.29, 0.717) is 10.7 Å². The number of carbonyl (C=O) groups excluding carboxylic acids is 1. The van der Waals surface area contributed by atoms with Gasteiger partial charge in [-0.3, -0.25) is 10.1 Å². The number of nitrogens with zero attached hydrogens (tertiary/aromatic N) is 1. The molecule has 5 heteroatoms. The van der Waals surface area contributed by atoms with E-state index < -0.39 is 0 Å². The molecule has 1 N–H and O–H groups in total. The number of fused-ring (bicyclic) bond motifs is 1. The molecule has 1 heterocycles. The van der Waals surface area contributed by atoms with Crippen LogP contribution in [0.1, 0.15) is 15.9 Å². The van der Waals surface area contributed by atoms with Crippen molar-refractivity contribution in [2.24, 2.45) is 0 Å². The molecule has 0 saturated heterocycles. The standard InChI is InChI=1S/C15H11BrN2OS/c1-9-10(5-4-6-11(9)16)14(19)18-15-17-12-7-2-3-8-13(12)20-15/h2-8H,1H3,(H,17,18,19). The summed E-state index contributed by atoms with van der Waals surface area (Å²) in [6.07, 6.45) is 0. The number of benzene rings is 2. The van der Waals surface area contributed by atoms with Crippen LogP contribution in [0.15, 0.2) is 46.9 Å². The molecule has 0 saturated carbocycles. The zero-order valence-corrected chi connectivity index (χ0v) is 13.1. The predicted octanol–water partition coefficient (Wildman–Crippen LogP) is 4.62. The lowest BCUT2D eigenvalue weighted by Crippen LogP contribution is -2.13. The van der Waals surface area contributed by atoms with Gasteiger partial charge in [-0.05, 0) is 36.8 Å². The molecule has 0 bridgehead atoms. The van der Waals surface area contributed by atoms with E-state index in [1.165, 1.54) is 11.3 Å². The number of hydrogen-bond donors (Lipinski definition) is 1. The number of rotatable bonds is 2. The van der Waals surface area contributed by atoms with Crippen molar-refractivity contribution >= 4 is 48.5 Å².